The van der Waals surface area contributed by atoms with Crippen molar-refractivity contribution >= 4 is 46.6 Å². The van der Waals surface area contributed by atoms with E-state index in [-0.39, 0.29) is 10.9 Å². The molecule has 0 saturated carbocycles. The molecule has 0 spiro atoms. The second-order valence-electron chi connectivity index (χ2n) is 9.58. The van der Waals surface area contributed by atoms with Crippen LogP contribution in [0.2, 0.25) is 0 Å². The van der Waals surface area contributed by atoms with Gasteiger partial charge in [-0.3, -0.25) is 0 Å². The lowest BCUT2D eigenvalue weighted by Crippen LogP contribution is -2.41. The minimum atomic E-state index is -3.63. The summed E-state index contributed by atoms with van der Waals surface area (Å²) in [5.41, 5.74) is 1.59. The highest BCUT2D eigenvalue weighted by Crippen LogP contribution is 2.33. The topological polar surface area (TPSA) is 97.7 Å². The summed E-state index contributed by atoms with van der Waals surface area (Å²) in [5, 5.41) is 12.2. The first-order chi connectivity index (χ1) is 18.3. The molecule has 2 aliphatic heterocycles. The highest BCUT2D eigenvalue weighted by molar-refractivity contribution is 7.89. The van der Waals surface area contributed by atoms with E-state index in [0.717, 1.165) is 47.9 Å². The maximum Gasteiger partial charge on any atom is 0.243 e. The summed E-state index contributed by atoms with van der Waals surface area (Å²) in [6.07, 6.45) is 11.1. The monoisotopic (exact) mass is 555 g/mol. The minimum Gasteiger partial charge on any atom is -0.493 e. The van der Waals surface area contributed by atoms with Crippen molar-refractivity contribution in [3.63, 3.8) is 0 Å². The number of rotatable bonds is 8. The Labute approximate surface area is 230 Å². The zero-order valence-corrected chi connectivity index (χ0v) is 23.1. The molecule has 5 rings (SSSR count). The summed E-state index contributed by atoms with van der Waals surface area (Å²) >= 11 is 6.55. The molecule has 9 nitrogen and oxygen atoms in total. The van der Waals surface area contributed by atoms with Crippen molar-refractivity contribution in [1.29, 1.82) is 0 Å². The number of anilines is 1. The van der Waals surface area contributed by atoms with Crippen molar-refractivity contribution in [2.75, 3.05) is 39.2 Å². The number of hydrogen-bond donors (Lipinski definition) is 2. The average molecular weight is 556 g/mol. The molecule has 2 radical (unpaired) electrons. The SMILES string of the molecule is [B]c1cnn2c1NC(C1=C(Cl)CCC=C1)C=C2NCC1CCN(S(=O)(=O)c2ccc(OC)c(OC)c2)CC1. The Morgan fingerprint density at radius 2 is 1.97 bits per heavy atom. The van der Waals surface area contributed by atoms with Crippen LogP contribution in [0.3, 0.4) is 0 Å². The Kier molecular flexibility index (Phi) is 7.79. The number of methoxy groups -OCH3 is 2. The molecule has 1 aromatic heterocycles. The van der Waals surface area contributed by atoms with Gasteiger partial charge in [-0.05, 0) is 60.8 Å². The van der Waals surface area contributed by atoms with Crippen LogP contribution in [-0.4, -0.2) is 70.2 Å². The molecule has 3 aliphatic rings. The van der Waals surface area contributed by atoms with E-state index in [0.29, 0.717) is 42.5 Å². The quantitative estimate of drug-likeness (QED) is 0.484. The molecular formula is C26H31BClN5O4S. The van der Waals surface area contributed by atoms with Crippen LogP contribution in [0.5, 0.6) is 11.5 Å². The van der Waals surface area contributed by atoms with Gasteiger partial charge in [0.25, 0.3) is 0 Å². The second-order valence-corrected chi connectivity index (χ2v) is 12.0. The van der Waals surface area contributed by atoms with Gasteiger partial charge >= 0.3 is 0 Å². The van der Waals surface area contributed by atoms with Gasteiger partial charge in [0.05, 0.1) is 25.2 Å². The minimum absolute atomic E-state index is 0.124. The van der Waals surface area contributed by atoms with Gasteiger partial charge in [0.15, 0.2) is 11.5 Å². The first kappa shape index (κ1) is 26.7. The summed E-state index contributed by atoms with van der Waals surface area (Å²) in [4.78, 5) is 0.200. The zero-order chi connectivity index (χ0) is 26.9. The summed E-state index contributed by atoms with van der Waals surface area (Å²) < 4.78 is 40.4. The highest BCUT2D eigenvalue weighted by atomic mass is 35.5. The number of ether oxygens (including phenoxy) is 2. The molecule has 1 atom stereocenters. The van der Waals surface area contributed by atoms with Crippen LogP contribution >= 0.6 is 11.6 Å². The lowest BCUT2D eigenvalue weighted by Gasteiger charge is -2.33. The van der Waals surface area contributed by atoms with E-state index >= 15 is 0 Å². The number of benzene rings is 1. The number of fused-ring (bicyclic) bond motifs is 1. The molecule has 200 valence electrons. The molecule has 0 bridgehead atoms. The Hall–Kier alpha value is -2.89. The van der Waals surface area contributed by atoms with E-state index in [2.05, 4.69) is 34.0 Å². The molecule has 1 unspecified atom stereocenters. The van der Waals surface area contributed by atoms with Gasteiger partial charge in [-0.15, -0.1) is 0 Å². The summed E-state index contributed by atoms with van der Waals surface area (Å²) in [6, 6.07) is 4.56. The maximum atomic E-state index is 13.3. The maximum absolute atomic E-state index is 13.3. The molecule has 2 N–H and O–H groups in total. The molecule has 38 heavy (non-hydrogen) atoms. The fourth-order valence-corrected chi connectivity index (χ4v) is 6.84. The van der Waals surface area contributed by atoms with Crippen molar-refractivity contribution in [2.45, 2.75) is 36.6 Å². The van der Waals surface area contributed by atoms with Gasteiger partial charge in [-0.25, -0.2) is 13.1 Å². The molecular weight excluding hydrogens is 525 g/mol. The predicted octanol–water partition coefficient (Wildman–Crippen LogP) is 2.82. The first-order valence-corrected chi connectivity index (χ1v) is 14.5. The van der Waals surface area contributed by atoms with E-state index in [1.54, 1.807) is 27.3 Å². The van der Waals surface area contributed by atoms with Crippen molar-refractivity contribution in [1.82, 2.24) is 19.4 Å². The molecule has 1 saturated heterocycles. The average Bonchev–Trinajstić information content (AvgIpc) is 3.32. The fraction of sp³-hybridized carbons (Fsp3) is 0.423. The third-order valence-corrected chi connectivity index (χ3v) is 9.56. The van der Waals surface area contributed by atoms with Crippen LogP contribution in [0.4, 0.5) is 5.82 Å². The smallest absolute Gasteiger partial charge is 0.243 e. The third-order valence-electron chi connectivity index (χ3n) is 7.26. The Bertz CT molecular complexity index is 1400. The van der Waals surface area contributed by atoms with E-state index in [4.69, 9.17) is 28.9 Å². The Morgan fingerprint density at radius 3 is 2.68 bits per heavy atom. The number of piperidine rings is 1. The summed E-state index contributed by atoms with van der Waals surface area (Å²) in [5.74, 6) is 2.74. The van der Waals surface area contributed by atoms with Crippen LogP contribution in [0, 0.1) is 5.92 Å². The first-order valence-electron chi connectivity index (χ1n) is 12.6. The van der Waals surface area contributed by atoms with Gasteiger partial charge in [0, 0.05) is 36.9 Å². The standard InChI is InChI=1S/C26H31BClN5O4S/c1-36-23-8-7-18(13-24(23)37-2)38(34,35)32-11-9-17(10-12-32)15-29-25-14-22(19-5-3-4-6-21(19)28)31-26-20(27)16-30-33(25)26/h3,5,7-8,13-14,16-17,22,29,31H,4,6,9-12,15H2,1-2H3. The molecule has 0 amide bonds. The third kappa shape index (κ3) is 5.19. The molecule has 1 aromatic carbocycles. The molecule has 3 heterocycles. The second kappa shape index (κ2) is 11.1. The molecule has 12 heteroatoms. The van der Waals surface area contributed by atoms with Crippen LogP contribution in [-0.2, 0) is 10.0 Å². The van der Waals surface area contributed by atoms with Crippen molar-refractivity contribution < 1.29 is 17.9 Å². The number of nitrogens with one attached hydrogen (secondary N) is 2. The van der Waals surface area contributed by atoms with Crippen LogP contribution in [0.25, 0.3) is 5.82 Å². The summed E-state index contributed by atoms with van der Waals surface area (Å²) in [6.45, 7) is 1.57. The number of nitrogens with zero attached hydrogens (tertiary/aromatic N) is 3. The zero-order valence-electron chi connectivity index (χ0n) is 21.5. The number of halogens is 1. The van der Waals surface area contributed by atoms with Crippen molar-refractivity contribution in [2.24, 2.45) is 5.92 Å². The Morgan fingerprint density at radius 1 is 1.21 bits per heavy atom. The molecule has 1 aliphatic carbocycles. The van der Waals surface area contributed by atoms with Crippen LogP contribution in [0.15, 0.2) is 58.1 Å². The number of hydrogen-bond acceptors (Lipinski definition) is 7. The van der Waals surface area contributed by atoms with Crippen molar-refractivity contribution in [3.05, 3.63) is 53.2 Å². The number of sulfonamides is 1. The largest absolute Gasteiger partial charge is 0.493 e. The lowest BCUT2D eigenvalue weighted by atomic mass is 9.95. The molecule has 2 aromatic rings. The predicted molar refractivity (Wildman–Crippen MR) is 150 cm³/mol. The van der Waals surface area contributed by atoms with Crippen molar-refractivity contribution in [3.8, 4) is 11.5 Å². The van der Waals surface area contributed by atoms with E-state index in [1.165, 1.54) is 20.3 Å². The van der Waals surface area contributed by atoms with Gasteiger partial charge < -0.3 is 20.1 Å². The van der Waals surface area contributed by atoms with E-state index in [9.17, 15) is 8.42 Å². The lowest BCUT2D eigenvalue weighted by molar-refractivity contribution is 0.272. The van der Waals surface area contributed by atoms with E-state index in [1.807, 2.05) is 0 Å². The van der Waals surface area contributed by atoms with Gasteiger partial charge in [-0.1, -0.05) is 23.8 Å². The molecule has 1 fully saturated rings. The van der Waals surface area contributed by atoms with Crippen LogP contribution in [0.1, 0.15) is 25.7 Å². The van der Waals surface area contributed by atoms with Gasteiger partial charge in [0.2, 0.25) is 10.0 Å². The normalized spacial score (nSPS) is 20.5. The Balaban J connectivity index is 1.25. The number of aromatic nitrogens is 2. The highest BCUT2D eigenvalue weighted by Gasteiger charge is 2.31. The summed E-state index contributed by atoms with van der Waals surface area (Å²) in [7, 11) is 5.56. The van der Waals surface area contributed by atoms with Gasteiger partial charge in [-0.2, -0.15) is 9.40 Å². The van der Waals surface area contributed by atoms with E-state index < -0.39 is 10.0 Å². The van der Waals surface area contributed by atoms with Gasteiger partial charge in [0.1, 0.15) is 19.5 Å². The fourth-order valence-electron chi connectivity index (χ4n) is 5.06. The van der Waals surface area contributed by atoms with Crippen LogP contribution < -0.4 is 25.6 Å². The number of allylic oxidation sites excluding steroid dienone is 2.